The minimum atomic E-state index is -0.207. The smallest absolute Gasteiger partial charge is 0.315 e. The Labute approximate surface area is 159 Å². The van der Waals surface area contributed by atoms with Gasteiger partial charge in [0.05, 0.1) is 0 Å². The third kappa shape index (κ3) is 4.38. The van der Waals surface area contributed by atoms with Crippen molar-refractivity contribution in [1.82, 2.24) is 15.6 Å². The topological polar surface area (TPSA) is 57.3 Å². The molecule has 0 bridgehead atoms. The summed E-state index contributed by atoms with van der Waals surface area (Å²) in [7, 11) is 0. The number of amides is 2. The predicted octanol–water partition coefficient (Wildman–Crippen LogP) is 3.43. The van der Waals surface area contributed by atoms with Crippen LogP contribution in [0.3, 0.4) is 0 Å². The first-order chi connectivity index (χ1) is 13.2. The Morgan fingerprint density at radius 3 is 2.37 bits per heavy atom. The van der Waals surface area contributed by atoms with E-state index in [1.807, 2.05) is 36.5 Å². The number of rotatable bonds is 4. The van der Waals surface area contributed by atoms with E-state index in [1.54, 1.807) is 0 Å². The van der Waals surface area contributed by atoms with Gasteiger partial charge in [0, 0.05) is 31.4 Å². The van der Waals surface area contributed by atoms with Crippen molar-refractivity contribution in [3.63, 3.8) is 0 Å². The third-order valence-electron chi connectivity index (χ3n) is 5.62. The average Bonchev–Trinajstić information content (AvgIpc) is 2.67. The zero-order valence-electron chi connectivity index (χ0n) is 15.3. The highest BCUT2D eigenvalue weighted by molar-refractivity contribution is 5.74. The highest BCUT2D eigenvalue weighted by Gasteiger charge is 2.32. The number of nitrogens with one attached hydrogen (secondary N) is 2. The molecular formula is C21H25FN4O. The molecule has 2 aromatic rings. The van der Waals surface area contributed by atoms with E-state index in [1.165, 1.54) is 12.1 Å². The summed E-state index contributed by atoms with van der Waals surface area (Å²) in [6.45, 7) is 1.80. The lowest BCUT2D eigenvalue weighted by molar-refractivity contribution is 0.216. The molecule has 0 spiro atoms. The second kappa shape index (κ2) is 7.94. The molecule has 142 valence electrons. The zero-order valence-corrected chi connectivity index (χ0v) is 15.3. The van der Waals surface area contributed by atoms with Gasteiger partial charge in [0.15, 0.2) is 0 Å². The van der Waals surface area contributed by atoms with Crippen LogP contribution in [-0.4, -0.2) is 36.2 Å². The molecule has 2 amide bonds. The minimum absolute atomic E-state index is 0.0751. The molecule has 0 unspecified atom stereocenters. The van der Waals surface area contributed by atoms with Gasteiger partial charge in [-0.15, -0.1) is 0 Å². The van der Waals surface area contributed by atoms with E-state index in [4.69, 9.17) is 0 Å². The molecule has 1 aromatic carbocycles. The summed E-state index contributed by atoms with van der Waals surface area (Å²) >= 11 is 0. The Morgan fingerprint density at radius 1 is 1.00 bits per heavy atom. The predicted molar refractivity (Wildman–Crippen MR) is 103 cm³/mol. The molecule has 2 aliphatic rings. The molecule has 27 heavy (non-hydrogen) atoms. The van der Waals surface area contributed by atoms with Gasteiger partial charge in [0.25, 0.3) is 0 Å². The molecular weight excluding hydrogens is 343 g/mol. The molecule has 6 heteroatoms. The summed E-state index contributed by atoms with van der Waals surface area (Å²) in [6.07, 6.45) is 5.49. The normalized spacial score (nSPS) is 22.8. The van der Waals surface area contributed by atoms with Crippen molar-refractivity contribution in [1.29, 1.82) is 0 Å². The van der Waals surface area contributed by atoms with E-state index >= 15 is 0 Å². The van der Waals surface area contributed by atoms with Crippen molar-refractivity contribution in [2.75, 3.05) is 18.0 Å². The molecule has 1 aliphatic heterocycles. The molecule has 1 aromatic heterocycles. The molecule has 0 atom stereocenters. The number of hydrogen-bond acceptors (Lipinski definition) is 3. The van der Waals surface area contributed by atoms with Gasteiger partial charge in [-0.3, -0.25) is 0 Å². The molecule has 1 saturated carbocycles. The summed E-state index contributed by atoms with van der Waals surface area (Å²) in [5.74, 6) is 1.21. The Bertz CT molecular complexity index is 754. The van der Waals surface area contributed by atoms with Crippen LogP contribution >= 0.6 is 0 Å². The third-order valence-corrected chi connectivity index (χ3v) is 5.62. The number of benzene rings is 1. The van der Waals surface area contributed by atoms with E-state index in [9.17, 15) is 9.18 Å². The Balaban J connectivity index is 1.17. The number of nitrogens with zero attached hydrogens (tertiary/aromatic N) is 2. The van der Waals surface area contributed by atoms with Crippen molar-refractivity contribution >= 4 is 11.8 Å². The summed E-state index contributed by atoms with van der Waals surface area (Å²) in [6, 6.07) is 13.0. The number of carbonyl (C=O) groups excluding carboxylic acids is 1. The first-order valence-electron chi connectivity index (χ1n) is 9.66. The standard InChI is InChI=1S/C21H25FN4O/c22-17-6-4-15(5-7-17)16-13-19(14-16)25-21(27)24-18-8-11-26(12-9-18)20-3-1-2-10-23-20/h1-7,10,16,18-19H,8-9,11-14H2,(H2,24,25,27). The lowest BCUT2D eigenvalue weighted by Crippen LogP contribution is -2.52. The van der Waals surface area contributed by atoms with Crippen LogP contribution in [0.2, 0.25) is 0 Å². The second-order valence-electron chi connectivity index (χ2n) is 7.48. The van der Waals surface area contributed by atoms with Gasteiger partial charge in [-0.05, 0) is 61.4 Å². The molecule has 1 aliphatic carbocycles. The SMILES string of the molecule is O=C(NC1CCN(c2ccccn2)CC1)NC1CC(c2ccc(F)cc2)C1. The lowest BCUT2D eigenvalue weighted by Gasteiger charge is -2.37. The minimum Gasteiger partial charge on any atom is -0.356 e. The van der Waals surface area contributed by atoms with Crippen LogP contribution < -0.4 is 15.5 Å². The average molecular weight is 368 g/mol. The van der Waals surface area contributed by atoms with Gasteiger partial charge in [0.1, 0.15) is 11.6 Å². The Hall–Kier alpha value is -2.63. The van der Waals surface area contributed by atoms with Crippen LogP contribution in [0.5, 0.6) is 0 Å². The van der Waals surface area contributed by atoms with Crippen LogP contribution in [-0.2, 0) is 0 Å². The van der Waals surface area contributed by atoms with Gasteiger partial charge in [-0.1, -0.05) is 18.2 Å². The van der Waals surface area contributed by atoms with Crippen molar-refractivity contribution < 1.29 is 9.18 Å². The van der Waals surface area contributed by atoms with E-state index in [-0.39, 0.29) is 23.9 Å². The molecule has 0 radical (unpaired) electrons. The number of hydrogen-bond donors (Lipinski definition) is 2. The van der Waals surface area contributed by atoms with E-state index in [2.05, 4.69) is 20.5 Å². The zero-order chi connectivity index (χ0) is 18.6. The molecule has 2 N–H and O–H groups in total. The molecule has 4 rings (SSSR count). The first-order valence-corrected chi connectivity index (χ1v) is 9.66. The summed E-state index contributed by atoms with van der Waals surface area (Å²) < 4.78 is 13.0. The van der Waals surface area contributed by atoms with Crippen LogP contribution in [0, 0.1) is 5.82 Å². The van der Waals surface area contributed by atoms with E-state index in [0.29, 0.717) is 5.92 Å². The fourth-order valence-corrected chi connectivity index (χ4v) is 3.95. The van der Waals surface area contributed by atoms with Gasteiger partial charge < -0.3 is 15.5 Å². The lowest BCUT2D eigenvalue weighted by atomic mass is 9.76. The highest BCUT2D eigenvalue weighted by atomic mass is 19.1. The highest BCUT2D eigenvalue weighted by Crippen LogP contribution is 2.36. The van der Waals surface area contributed by atoms with Crippen LogP contribution in [0.4, 0.5) is 15.0 Å². The second-order valence-corrected chi connectivity index (χ2v) is 7.48. The van der Waals surface area contributed by atoms with Crippen LogP contribution in [0.15, 0.2) is 48.7 Å². The number of carbonyl (C=O) groups is 1. The van der Waals surface area contributed by atoms with Crippen molar-refractivity contribution in [2.24, 2.45) is 0 Å². The van der Waals surface area contributed by atoms with Gasteiger partial charge in [-0.2, -0.15) is 0 Å². The van der Waals surface area contributed by atoms with Gasteiger partial charge in [0.2, 0.25) is 0 Å². The number of urea groups is 1. The van der Waals surface area contributed by atoms with Crippen molar-refractivity contribution in [2.45, 2.75) is 43.7 Å². The molecule has 2 heterocycles. The maximum atomic E-state index is 13.0. The quantitative estimate of drug-likeness (QED) is 0.869. The number of anilines is 1. The van der Waals surface area contributed by atoms with Crippen LogP contribution in [0.1, 0.15) is 37.2 Å². The maximum absolute atomic E-state index is 13.0. The maximum Gasteiger partial charge on any atom is 0.315 e. The number of pyridine rings is 1. The van der Waals surface area contributed by atoms with Crippen LogP contribution in [0.25, 0.3) is 0 Å². The number of halogens is 1. The monoisotopic (exact) mass is 368 g/mol. The van der Waals surface area contributed by atoms with Crippen molar-refractivity contribution in [3.8, 4) is 0 Å². The Kier molecular flexibility index (Phi) is 5.23. The molecule has 5 nitrogen and oxygen atoms in total. The van der Waals surface area contributed by atoms with E-state index in [0.717, 1.165) is 50.2 Å². The summed E-state index contributed by atoms with van der Waals surface area (Å²) in [5.41, 5.74) is 1.15. The first kappa shape index (κ1) is 17.8. The van der Waals surface area contributed by atoms with Gasteiger partial charge in [-0.25, -0.2) is 14.2 Å². The fraction of sp³-hybridized carbons (Fsp3) is 0.429. The van der Waals surface area contributed by atoms with Gasteiger partial charge >= 0.3 is 6.03 Å². The van der Waals surface area contributed by atoms with E-state index < -0.39 is 0 Å². The van der Waals surface area contributed by atoms with Crippen molar-refractivity contribution in [3.05, 3.63) is 60.0 Å². The Morgan fingerprint density at radius 2 is 1.70 bits per heavy atom. The largest absolute Gasteiger partial charge is 0.356 e. The number of aromatic nitrogens is 1. The fourth-order valence-electron chi connectivity index (χ4n) is 3.95. The summed E-state index contributed by atoms with van der Waals surface area (Å²) in [5, 5.41) is 6.17. The molecule has 1 saturated heterocycles. The summed E-state index contributed by atoms with van der Waals surface area (Å²) in [4.78, 5) is 18.9. The number of piperidine rings is 1. The molecule has 2 fully saturated rings.